The first-order valence-corrected chi connectivity index (χ1v) is 10.1. The van der Waals surface area contributed by atoms with E-state index >= 15 is 0 Å². The average molecular weight is 437 g/mol. The molecule has 4 atom stereocenters. The minimum Gasteiger partial charge on any atom is -0.480 e. The first kappa shape index (κ1) is 26.1. The van der Waals surface area contributed by atoms with E-state index in [2.05, 4.69) is 16.0 Å². The zero-order chi connectivity index (χ0) is 23.6. The Hall–Kier alpha value is -2.98. The molecule has 4 unspecified atom stereocenters. The van der Waals surface area contributed by atoms with Crippen LogP contribution in [0.25, 0.3) is 0 Å². The van der Waals surface area contributed by atoms with Gasteiger partial charge in [0, 0.05) is 6.42 Å². The van der Waals surface area contributed by atoms with E-state index in [1.54, 1.807) is 30.3 Å². The van der Waals surface area contributed by atoms with E-state index < -0.39 is 54.5 Å². The van der Waals surface area contributed by atoms with E-state index in [4.69, 9.17) is 15.9 Å². The Morgan fingerprint density at radius 3 is 2.00 bits per heavy atom. The number of aliphatic hydroxyl groups excluding tert-OH is 1. The summed E-state index contributed by atoms with van der Waals surface area (Å²) in [6.45, 7) is 4.51. The predicted molar refractivity (Wildman–Crippen MR) is 114 cm³/mol. The monoisotopic (exact) mass is 436 g/mol. The molecule has 1 rings (SSSR count). The molecule has 3 amide bonds. The molecule has 0 saturated heterocycles. The summed E-state index contributed by atoms with van der Waals surface area (Å²) in [4.78, 5) is 48.5. The van der Waals surface area contributed by atoms with Crippen molar-refractivity contribution in [3.63, 3.8) is 0 Å². The lowest BCUT2D eigenvalue weighted by Crippen LogP contribution is -2.57. The molecule has 10 nitrogen and oxygen atoms in total. The van der Waals surface area contributed by atoms with Gasteiger partial charge >= 0.3 is 5.97 Å². The minimum atomic E-state index is -1.51. The molecular weight excluding hydrogens is 404 g/mol. The van der Waals surface area contributed by atoms with Crippen molar-refractivity contribution in [2.75, 3.05) is 6.61 Å². The molecule has 0 fully saturated rings. The van der Waals surface area contributed by atoms with Crippen molar-refractivity contribution < 1.29 is 29.4 Å². The van der Waals surface area contributed by atoms with Crippen LogP contribution in [0.1, 0.15) is 32.8 Å². The lowest BCUT2D eigenvalue weighted by molar-refractivity contribution is -0.143. The molecule has 0 aliphatic rings. The van der Waals surface area contributed by atoms with Gasteiger partial charge in [0.15, 0.2) is 0 Å². The maximum Gasteiger partial charge on any atom is 0.328 e. The van der Waals surface area contributed by atoms with Crippen LogP contribution in [0.2, 0.25) is 0 Å². The third-order valence-electron chi connectivity index (χ3n) is 4.53. The number of carbonyl (C=O) groups is 4. The molecule has 0 radical (unpaired) electrons. The smallest absolute Gasteiger partial charge is 0.328 e. The third-order valence-corrected chi connectivity index (χ3v) is 4.53. The second-order valence-electron chi connectivity index (χ2n) is 7.80. The van der Waals surface area contributed by atoms with Gasteiger partial charge in [-0.2, -0.15) is 0 Å². The molecule has 1 aromatic rings. The Morgan fingerprint density at radius 1 is 0.903 bits per heavy atom. The Bertz CT molecular complexity index is 755. The van der Waals surface area contributed by atoms with Gasteiger partial charge in [-0.1, -0.05) is 44.2 Å². The van der Waals surface area contributed by atoms with Crippen LogP contribution >= 0.6 is 0 Å². The molecule has 31 heavy (non-hydrogen) atoms. The summed E-state index contributed by atoms with van der Waals surface area (Å²) in [7, 11) is 0. The van der Waals surface area contributed by atoms with E-state index in [9.17, 15) is 19.2 Å². The zero-order valence-corrected chi connectivity index (χ0v) is 18.0. The van der Waals surface area contributed by atoms with Crippen molar-refractivity contribution in [3.8, 4) is 0 Å². The van der Waals surface area contributed by atoms with Crippen LogP contribution < -0.4 is 21.7 Å². The molecule has 10 heteroatoms. The average Bonchev–Trinajstić information content (AvgIpc) is 2.71. The number of amides is 3. The van der Waals surface area contributed by atoms with Crippen molar-refractivity contribution in [1.29, 1.82) is 0 Å². The number of benzene rings is 1. The van der Waals surface area contributed by atoms with Gasteiger partial charge in [-0.15, -0.1) is 0 Å². The van der Waals surface area contributed by atoms with Crippen LogP contribution in [0.3, 0.4) is 0 Å². The van der Waals surface area contributed by atoms with Gasteiger partial charge in [-0.25, -0.2) is 4.79 Å². The molecule has 0 spiro atoms. The number of carboxylic acid groups (broad SMARTS) is 1. The Kier molecular flexibility index (Phi) is 10.6. The quantitative estimate of drug-likeness (QED) is 0.248. The highest BCUT2D eigenvalue weighted by Gasteiger charge is 2.28. The minimum absolute atomic E-state index is 0.0870. The first-order valence-electron chi connectivity index (χ1n) is 10.1. The highest BCUT2D eigenvalue weighted by atomic mass is 16.4. The summed E-state index contributed by atoms with van der Waals surface area (Å²) in [5, 5.41) is 25.5. The van der Waals surface area contributed by atoms with Gasteiger partial charge in [0.05, 0.1) is 12.6 Å². The van der Waals surface area contributed by atoms with E-state index in [1.807, 2.05) is 13.8 Å². The molecule has 7 N–H and O–H groups in total. The largest absolute Gasteiger partial charge is 0.480 e. The Morgan fingerprint density at radius 2 is 1.48 bits per heavy atom. The molecule has 1 aromatic carbocycles. The lowest BCUT2D eigenvalue weighted by Gasteiger charge is -2.23. The molecule has 0 bridgehead atoms. The summed E-state index contributed by atoms with van der Waals surface area (Å²) in [5.41, 5.74) is 6.56. The number of aliphatic hydroxyl groups is 1. The van der Waals surface area contributed by atoms with Crippen LogP contribution in [0.15, 0.2) is 30.3 Å². The van der Waals surface area contributed by atoms with E-state index in [1.165, 1.54) is 6.92 Å². The molecule has 0 heterocycles. The molecule has 0 aliphatic carbocycles. The van der Waals surface area contributed by atoms with E-state index in [-0.39, 0.29) is 12.3 Å². The van der Waals surface area contributed by atoms with Gasteiger partial charge in [-0.05, 0) is 24.8 Å². The summed E-state index contributed by atoms with van der Waals surface area (Å²) < 4.78 is 0. The number of nitrogens with one attached hydrogen (secondary N) is 3. The third kappa shape index (κ3) is 9.14. The van der Waals surface area contributed by atoms with Gasteiger partial charge in [0.2, 0.25) is 17.7 Å². The topological polar surface area (TPSA) is 171 Å². The summed E-state index contributed by atoms with van der Waals surface area (Å²) in [6.07, 6.45) is 0.542. The van der Waals surface area contributed by atoms with Gasteiger partial charge < -0.3 is 31.9 Å². The van der Waals surface area contributed by atoms with Crippen LogP contribution in [0.5, 0.6) is 0 Å². The molecule has 172 valence electrons. The fourth-order valence-corrected chi connectivity index (χ4v) is 2.81. The van der Waals surface area contributed by atoms with Crippen LogP contribution in [-0.4, -0.2) is 64.7 Å². The number of hydrogen-bond donors (Lipinski definition) is 6. The van der Waals surface area contributed by atoms with Crippen molar-refractivity contribution in [2.24, 2.45) is 11.7 Å². The molecule has 0 saturated carbocycles. The molecule has 0 aromatic heterocycles. The zero-order valence-electron chi connectivity index (χ0n) is 18.0. The van der Waals surface area contributed by atoms with Crippen molar-refractivity contribution in [3.05, 3.63) is 35.9 Å². The summed E-state index contributed by atoms with van der Waals surface area (Å²) in [5.74, 6) is -3.07. The lowest BCUT2D eigenvalue weighted by atomic mass is 10.0. The highest BCUT2D eigenvalue weighted by Crippen LogP contribution is 2.06. The normalized spacial score (nSPS) is 14.8. The van der Waals surface area contributed by atoms with E-state index in [0.717, 1.165) is 5.56 Å². The second-order valence-corrected chi connectivity index (χ2v) is 7.80. The number of rotatable bonds is 12. The SMILES string of the molecule is CC(C)CC(N)C(=O)NC(C)C(=O)NC(Cc1ccccc1)C(=O)NC(CO)C(=O)O. The molecular formula is C21H32N4O6. The highest BCUT2D eigenvalue weighted by molar-refractivity contribution is 5.94. The maximum atomic E-state index is 12.6. The number of carbonyl (C=O) groups excluding carboxylic acids is 3. The second kappa shape index (κ2) is 12.7. The van der Waals surface area contributed by atoms with Gasteiger partial charge in [0.25, 0.3) is 0 Å². The van der Waals surface area contributed by atoms with Gasteiger partial charge in [-0.3, -0.25) is 14.4 Å². The molecule has 0 aliphatic heterocycles. The number of hydrogen-bond acceptors (Lipinski definition) is 6. The van der Waals surface area contributed by atoms with Gasteiger partial charge in [0.1, 0.15) is 18.1 Å². The maximum absolute atomic E-state index is 12.6. The van der Waals surface area contributed by atoms with Crippen LogP contribution in [0.4, 0.5) is 0 Å². The Labute approximate surface area is 181 Å². The van der Waals surface area contributed by atoms with Crippen LogP contribution in [-0.2, 0) is 25.6 Å². The standard InChI is InChI=1S/C21H32N4O6/c1-12(2)9-15(22)19(28)23-13(3)18(27)24-16(10-14-7-5-4-6-8-14)20(29)25-17(11-26)21(30)31/h4-8,12-13,15-17,26H,9-11,22H2,1-3H3,(H,23,28)(H,24,27)(H,25,29)(H,30,31). The number of carboxylic acids is 1. The fourth-order valence-electron chi connectivity index (χ4n) is 2.81. The number of aliphatic carboxylic acids is 1. The van der Waals surface area contributed by atoms with Crippen molar-refractivity contribution >= 4 is 23.7 Å². The first-order chi connectivity index (χ1) is 14.5. The van der Waals surface area contributed by atoms with Crippen LogP contribution in [0, 0.1) is 5.92 Å². The summed E-state index contributed by atoms with van der Waals surface area (Å²) >= 11 is 0. The fraction of sp³-hybridized carbons (Fsp3) is 0.524. The summed E-state index contributed by atoms with van der Waals surface area (Å²) in [6, 6.07) is 4.47. The Balaban J connectivity index is 2.87. The van der Waals surface area contributed by atoms with Crippen molar-refractivity contribution in [1.82, 2.24) is 16.0 Å². The number of nitrogens with two attached hydrogens (primary N) is 1. The van der Waals surface area contributed by atoms with E-state index in [0.29, 0.717) is 6.42 Å². The predicted octanol–water partition coefficient (Wildman–Crippen LogP) is -0.846. The van der Waals surface area contributed by atoms with Crippen molar-refractivity contribution in [2.45, 2.75) is 57.8 Å².